The van der Waals surface area contributed by atoms with Crippen molar-refractivity contribution in [3.05, 3.63) is 46.1 Å². The Hall–Kier alpha value is -2.05. The number of halogens is 2. The fourth-order valence-electron chi connectivity index (χ4n) is 1.74. The smallest absolute Gasteiger partial charge is 0.252 e. The molecule has 0 spiro atoms. The molecule has 1 aromatic carbocycles. The lowest BCUT2D eigenvalue weighted by molar-refractivity contribution is 0.100. The van der Waals surface area contributed by atoms with E-state index in [0.717, 1.165) is 0 Å². The molecule has 2 aromatic rings. The highest BCUT2D eigenvalue weighted by Crippen LogP contribution is 2.19. The van der Waals surface area contributed by atoms with E-state index in [9.17, 15) is 4.79 Å². The van der Waals surface area contributed by atoms with Crippen molar-refractivity contribution in [2.45, 2.75) is 13.0 Å². The number of nitrogens with two attached hydrogens (primary N) is 1. The summed E-state index contributed by atoms with van der Waals surface area (Å²) in [7, 11) is 0. The molecule has 0 fully saturated rings. The first-order chi connectivity index (χ1) is 10.5. The zero-order valence-corrected chi connectivity index (χ0v) is 13.2. The predicted octanol–water partition coefficient (Wildman–Crippen LogP) is 2.76. The van der Waals surface area contributed by atoms with Crippen LogP contribution in [-0.4, -0.2) is 28.8 Å². The van der Waals surface area contributed by atoms with Crippen LogP contribution < -0.4 is 15.8 Å². The first-order valence-electron chi connectivity index (χ1n) is 6.45. The lowest BCUT2D eigenvalue weighted by Crippen LogP contribution is -2.25. The van der Waals surface area contributed by atoms with Crippen molar-refractivity contribution < 1.29 is 9.53 Å². The number of aromatic nitrogens is 2. The summed E-state index contributed by atoms with van der Waals surface area (Å²) in [6, 6.07) is 8.45. The lowest BCUT2D eigenvalue weighted by atomic mass is 10.2. The van der Waals surface area contributed by atoms with Crippen LogP contribution in [0.25, 0.3) is 0 Å². The van der Waals surface area contributed by atoms with Crippen molar-refractivity contribution in [3.8, 4) is 5.75 Å². The van der Waals surface area contributed by atoms with Gasteiger partial charge in [-0.2, -0.15) is 0 Å². The zero-order valence-electron chi connectivity index (χ0n) is 11.7. The third-order valence-electron chi connectivity index (χ3n) is 2.72. The van der Waals surface area contributed by atoms with Crippen LogP contribution in [0.1, 0.15) is 17.3 Å². The van der Waals surface area contributed by atoms with Gasteiger partial charge in [-0.25, -0.2) is 0 Å². The van der Waals surface area contributed by atoms with E-state index in [0.29, 0.717) is 17.3 Å². The Kier molecular flexibility index (Phi) is 5.41. The minimum absolute atomic E-state index is 0.0996. The number of ether oxygens (including phenoxy) is 1. The highest BCUT2D eigenvalue weighted by Gasteiger charge is 2.13. The molecule has 0 saturated heterocycles. The maximum absolute atomic E-state index is 11.4. The van der Waals surface area contributed by atoms with Gasteiger partial charge in [-0.3, -0.25) is 4.79 Å². The summed E-state index contributed by atoms with van der Waals surface area (Å²) in [5.41, 5.74) is 5.45. The number of anilines is 1. The van der Waals surface area contributed by atoms with E-state index < -0.39 is 5.91 Å². The molecule has 1 unspecified atom stereocenters. The van der Waals surface area contributed by atoms with E-state index in [2.05, 4.69) is 15.5 Å². The number of amides is 1. The van der Waals surface area contributed by atoms with Crippen molar-refractivity contribution >= 4 is 34.9 Å². The Morgan fingerprint density at radius 3 is 2.82 bits per heavy atom. The summed E-state index contributed by atoms with van der Waals surface area (Å²) in [5.74, 6) is 0.278. The summed E-state index contributed by atoms with van der Waals surface area (Å²) < 4.78 is 5.70. The van der Waals surface area contributed by atoms with E-state index in [-0.39, 0.29) is 22.6 Å². The molecular formula is C14H14Cl2N4O2. The first kappa shape index (κ1) is 16.3. The molecule has 0 radical (unpaired) electrons. The molecule has 1 amide bonds. The van der Waals surface area contributed by atoms with Gasteiger partial charge in [0.15, 0.2) is 11.0 Å². The summed E-state index contributed by atoms with van der Waals surface area (Å²) in [6.45, 7) is 2.25. The van der Waals surface area contributed by atoms with E-state index in [1.54, 1.807) is 24.3 Å². The molecule has 0 aliphatic heterocycles. The summed E-state index contributed by atoms with van der Waals surface area (Å²) in [4.78, 5) is 11.4. The standard InChI is InChI=1S/C14H14Cl2N4O2/c1-8(22-10-4-2-3-9(15)5-10)7-18-14-11(13(17)21)6-12(16)19-20-14/h2-6,8H,7H2,1H3,(H2,17,21)(H,18,20). The minimum Gasteiger partial charge on any atom is -0.489 e. The number of benzene rings is 1. The first-order valence-corrected chi connectivity index (χ1v) is 7.20. The van der Waals surface area contributed by atoms with Crippen LogP contribution in [0.4, 0.5) is 5.82 Å². The number of hydrogen-bond donors (Lipinski definition) is 2. The van der Waals surface area contributed by atoms with Crippen LogP contribution >= 0.6 is 23.2 Å². The number of hydrogen-bond acceptors (Lipinski definition) is 5. The maximum Gasteiger partial charge on any atom is 0.252 e. The van der Waals surface area contributed by atoms with E-state index in [4.69, 9.17) is 33.7 Å². The second-order valence-corrected chi connectivity index (χ2v) is 5.38. The Balaban J connectivity index is 1.99. The second-order valence-electron chi connectivity index (χ2n) is 4.56. The Morgan fingerprint density at radius 1 is 1.36 bits per heavy atom. The Bertz CT molecular complexity index is 682. The average Bonchev–Trinajstić information content (AvgIpc) is 2.45. The highest BCUT2D eigenvalue weighted by atomic mass is 35.5. The van der Waals surface area contributed by atoms with E-state index in [1.165, 1.54) is 6.07 Å². The van der Waals surface area contributed by atoms with Crippen LogP contribution in [0.5, 0.6) is 5.75 Å². The predicted molar refractivity (Wildman–Crippen MR) is 85.6 cm³/mol. The molecule has 22 heavy (non-hydrogen) atoms. The van der Waals surface area contributed by atoms with Gasteiger partial charge in [0, 0.05) is 5.02 Å². The molecular weight excluding hydrogens is 327 g/mol. The molecule has 0 bridgehead atoms. The molecule has 0 saturated carbocycles. The number of carbonyl (C=O) groups is 1. The van der Waals surface area contributed by atoms with Crippen LogP contribution in [0.2, 0.25) is 10.2 Å². The molecule has 1 aromatic heterocycles. The van der Waals surface area contributed by atoms with Gasteiger partial charge in [-0.05, 0) is 31.2 Å². The molecule has 0 aliphatic rings. The summed E-state index contributed by atoms with van der Waals surface area (Å²) in [5, 5.41) is 11.2. The fraction of sp³-hybridized carbons (Fsp3) is 0.214. The molecule has 0 aliphatic carbocycles. The molecule has 3 N–H and O–H groups in total. The highest BCUT2D eigenvalue weighted by molar-refractivity contribution is 6.30. The molecule has 2 rings (SSSR count). The minimum atomic E-state index is -0.636. The lowest BCUT2D eigenvalue weighted by Gasteiger charge is -2.16. The van der Waals surface area contributed by atoms with Gasteiger partial charge in [0.2, 0.25) is 0 Å². The van der Waals surface area contributed by atoms with Crippen molar-refractivity contribution in [1.82, 2.24) is 10.2 Å². The molecule has 116 valence electrons. The summed E-state index contributed by atoms with van der Waals surface area (Å²) >= 11 is 11.6. The quantitative estimate of drug-likeness (QED) is 0.843. The third kappa shape index (κ3) is 4.47. The average molecular weight is 341 g/mol. The zero-order chi connectivity index (χ0) is 16.1. The largest absolute Gasteiger partial charge is 0.489 e. The Morgan fingerprint density at radius 2 is 2.14 bits per heavy atom. The van der Waals surface area contributed by atoms with Gasteiger partial charge in [-0.1, -0.05) is 29.3 Å². The number of carbonyl (C=O) groups excluding carboxylic acids is 1. The van der Waals surface area contributed by atoms with E-state index in [1.807, 2.05) is 6.92 Å². The topological polar surface area (TPSA) is 90.1 Å². The number of primary amides is 1. The molecule has 8 heteroatoms. The van der Waals surface area contributed by atoms with Crippen molar-refractivity contribution in [2.75, 3.05) is 11.9 Å². The van der Waals surface area contributed by atoms with Crippen LogP contribution in [-0.2, 0) is 0 Å². The van der Waals surface area contributed by atoms with E-state index >= 15 is 0 Å². The summed E-state index contributed by atoms with van der Waals surface area (Å²) in [6.07, 6.45) is -0.198. The number of nitrogens with zero attached hydrogens (tertiary/aromatic N) is 2. The van der Waals surface area contributed by atoms with Crippen LogP contribution in [0, 0.1) is 0 Å². The van der Waals surface area contributed by atoms with Gasteiger partial charge in [0.1, 0.15) is 11.9 Å². The monoisotopic (exact) mass is 340 g/mol. The second kappa shape index (κ2) is 7.29. The van der Waals surface area contributed by atoms with Gasteiger partial charge in [0.25, 0.3) is 5.91 Å². The van der Waals surface area contributed by atoms with Crippen molar-refractivity contribution in [3.63, 3.8) is 0 Å². The number of nitrogens with one attached hydrogen (secondary N) is 1. The van der Waals surface area contributed by atoms with Gasteiger partial charge >= 0.3 is 0 Å². The van der Waals surface area contributed by atoms with Crippen molar-refractivity contribution in [2.24, 2.45) is 5.73 Å². The van der Waals surface area contributed by atoms with Gasteiger partial charge in [0.05, 0.1) is 12.1 Å². The SMILES string of the molecule is CC(CNc1nnc(Cl)cc1C(N)=O)Oc1cccc(Cl)c1. The van der Waals surface area contributed by atoms with Crippen molar-refractivity contribution in [1.29, 1.82) is 0 Å². The van der Waals surface area contributed by atoms with Gasteiger partial charge < -0.3 is 15.8 Å². The number of rotatable bonds is 6. The normalized spacial score (nSPS) is 11.8. The maximum atomic E-state index is 11.4. The third-order valence-corrected chi connectivity index (χ3v) is 3.14. The van der Waals surface area contributed by atoms with Crippen LogP contribution in [0.15, 0.2) is 30.3 Å². The Labute approximate surface area is 137 Å². The van der Waals surface area contributed by atoms with Crippen LogP contribution in [0.3, 0.4) is 0 Å². The van der Waals surface area contributed by atoms with Gasteiger partial charge in [-0.15, -0.1) is 10.2 Å². The molecule has 1 heterocycles. The molecule has 1 atom stereocenters. The molecule has 6 nitrogen and oxygen atoms in total. The fourth-order valence-corrected chi connectivity index (χ4v) is 2.07.